The van der Waals surface area contributed by atoms with E-state index in [4.69, 9.17) is 0 Å². The normalized spacial score (nSPS) is 16.1. The first-order valence-electron chi connectivity index (χ1n) is 7.53. The maximum Gasteiger partial charge on any atom is 0.320 e. The zero-order valence-corrected chi connectivity index (χ0v) is 12.5. The van der Waals surface area contributed by atoms with Gasteiger partial charge in [-0.1, -0.05) is 19.3 Å². The minimum absolute atomic E-state index is 0.185. The number of hydrogen-bond donors (Lipinski definition) is 3. The van der Waals surface area contributed by atoms with E-state index < -0.39 is 0 Å². The lowest BCUT2D eigenvalue weighted by molar-refractivity contribution is 0.244. The van der Waals surface area contributed by atoms with Gasteiger partial charge in [0.1, 0.15) is 0 Å². The molecular formula is C15H21N5O. The number of aryl methyl sites for hydroxylation is 2. The fourth-order valence-corrected chi connectivity index (χ4v) is 3.05. The first-order valence-corrected chi connectivity index (χ1v) is 7.53. The van der Waals surface area contributed by atoms with Gasteiger partial charge in [0.25, 0.3) is 0 Å². The van der Waals surface area contributed by atoms with Gasteiger partial charge in [0, 0.05) is 11.7 Å². The highest BCUT2D eigenvalue weighted by atomic mass is 16.2. The predicted molar refractivity (Wildman–Crippen MR) is 82.4 cm³/mol. The number of carbonyl (C=O) groups excluding carboxylic acids is 1. The van der Waals surface area contributed by atoms with Crippen LogP contribution >= 0.6 is 0 Å². The van der Waals surface area contributed by atoms with Gasteiger partial charge in [-0.3, -0.25) is 10.4 Å². The molecule has 0 radical (unpaired) electrons. The molecule has 1 aliphatic carbocycles. The number of nitrogens with one attached hydrogen (secondary N) is 3. The van der Waals surface area contributed by atoms with Crippen LogP contribution in [0.5, 0.6) is 0 Å². The van der Waals surface area contributed by atoms with Crippen LogP contribution in [0.15, 0.2) is 6.07 Å². The molecule has 0 atom stereocenters. The van der Waals surface area contributed by atoms with Gasteiger partial charge in [-0.25, -0.2) is 9.78 Å². The molecule has 0 spiro atoms. The monoisotopic (exact) mass is 287 g/mol. The van der Waals surface area contributed by atoms with Crippen molar-refractivity contribution in [3.05, 3.63) is 17.3 Å². The van der Waals surface area contributed by atoms with Gasteiger partial charge in [-0.15, -0.1) is 0 Å². The second-order valence-corrected chi connectivity index (χ2v) is 5.81. The van der Waals surface area contributed by atoms with Crippen LogP contribution in [0.3, 0.4) is 0 Å². The van der Waals surface area contributed by atoms with E-state index >= 15 is 0 Å². The maximum absolute atomic E-state index is 12.1. The first kappa shape index (κ1) is 13.9. The molecular weight excluding hydrogens is 266 g/mol. The Balaban J connectivity index is 1.74. The van der Waals surface area contributed by atoms with Crippen molar-refractivity contribution in [2.75, 3.05) is 5.32 Å². The number of urea groups is 1. The van der Waals surface area contributed by atoms with E-state index in [1.165, 1.54) is 19.3 Å². The van der Waals surface area contributed by atoms with Crippen molar-refractivity contribution in [3.63, 3.8) is 0 Å². The minimum Gasteiger partial charge on any atom is -0.335 e. The van der Waals surface area contributed by atoms with Gasteiger partial charge in [0.15, 0.2) is 11.5 Å². The number of hydrogen-bond acceptors (Lipinski definition) is 3. The summed E-state index contributed by atoms with van der Waals surface area (Å²) in [6, 6.07) is 2.09. The van der Waals surface area contributed by atoms with Crippen LogP contribution in [0.1, 0.15) is 43.4 Å². The number of rotatable bonds is 2. The van der Waals surface area contributed by atoms with Crippen molar-refractivity contribution in [3.8, 4) is 0 Å². The summed E-state index contributed by atoms with van der Waals surface area (Å²) in [5.74, 6) is 0.545. The Morgan fingerprint density at radius 1 is 1.29 bits per heavy atom. The summed E-state index contributed by atoms with van der Waals surface area (Å²) in [5.41, 5.74) is 2.70. The van der Waals surface area contributed by atoms with E-state index in [9.17, 15) is 4.79 Å². The molecule has 2 amide bonds. The van der Waals surface area contributed by atoms with Crippen LogP contribution in [-0.4, -0.2) is 27.3 Å². The van der Waals surface area contributed by atoms with E-state index in [2.05, 4.69) is 25.8 Å². The Morgan fingerprint density at radius 3 is 2.81 bits per heavy atom. The van der Waals surface area contributed by atoms with Crippen LogP contribution in [0, 0.1) is 13.8 Å². The highest BCUT2D eigenvalue weighted by Crippen LogP contribution is 2.23. The van der Waals surface area contributed by atoms with Crippen LogP contribution in [0.25, 0.3) is 11.0 Å². The van der Waals surface area contributed by atoms with Crippen LogP contribution in [-0.2, 0) is 0 Å². The Morgan fingerprint density at radius 2 is 2.05 bits per heavy atom. The Kier molecular flexibility index (Phi) is 3.77. The van der Waals surface area contributed by atoms with Crippen molar-refractivity contribution in [1.29, 1.82) is 0 Å². The van der Waals surface area contributed by atoms with E-state index in [1.807, 2.05) is 19.9 Å². The van der Waals surface area contributed by atoms with Crippen molar-refractivity contribution in [2.24, 2.45) is 0 Å². The number of pyridine rings is 1. The van der Waals surface area contributed by atoms with Gasteiger partial charge >= 0.3 is 6.03 Å². The van der Waals surface area contributed by atoms with Crippen molar-refractivity contribution < 1.29 is 4.79 Å². The second kappa shape index (κ2) is 5.71. The molecule has 1 aliphatic rings. The van der Waals surface area contributed by atoms with E-state index in [1.54, 1.807) is 0 Å². The molecule has 21 heavy (non-hydrogen) atoms. The molecule has 0 bridgehead atoms. The van der Waals surface area contributed by atoms with E-state index in [0.29, 0.717) is 11.5 Å². The predicted octanol–water partition coefficient (Wildman–Crippen LogP) is 3.03. The third-order valence-corrected chi connectivity index (χ3v) is 4.03. The topological polar surface area (TPSA) is 82.7 Å². The van der Waals surface area contributed by atoms with Crippen molar-refractivity contribution >= 4 is 22.9 Å². The van der Waals surface area contributed by atoms with Gasteiger partial charge < -0.3 is 5.32 Å². The first-order chi connectivity index (χ1) is 10.1. The molecule has 1 saturated carbocycles. The SMILES string of the molecule is Cc1cc(C)c2c(NC(=O)NC3CCCCC3)n[nH]c2n1. The van der Waals surface area contributed by atoms with Gasteiger partial charge in [0.2, 0.25) is 0 Å². The lowest BCUT2D eigenvalue weighted by atomic mass is 9.96. The minimum atomic E-state index is -0.185. The number of carbonyl (C=O) groups is 1. The number of nitrogens with zero attached hydrogens (tertiary/aromatic N) is 2. The van der Waals surface area contributed by atoms with Crippen molar-refractivity contribution in [2.45, 2.75) is 52.0 Å². The number of anilines is 1. The van der Waals surface area contributed by atoms with E-state index in [-0.39, 0.29) is 12.1 Å². The molecule has 2 aromatic heterocycles. The quantitative estimate of drug-likeness (QED) is 0.794. The van der Waals surface area contributed by atoms with Crippen LogP contribution < -0.4 is 10.6 Å². The van der Waals surface area contributed by atoms with Gasteiger partial charge in [-0.2, -0.15) is 5.10 Å². The van der Waals surface area contributed by atoms with Crippen molar-refractivity contribution in [1.82, 2.24) is 20.5 Å². The lowest BCUT2D eigenvalue weighted by Gasteiger charge is -2.22. The number of aromatic nitrogens is 3. The molecule has 2 aromatic rings. The van der Waals surface area contributed by atoms with Gasteiger partial charge in [-0.05, 0) is 38.3 Å². The largest absolute Gasteiger partial charge is 0.335 e. The van der Waals surface area contributed by atoms with Crippen LogP contribution in [0.4, 0.5) is 10.6 Å². The summed E-state index contributed by atoms with van der Waals surface area (Å²) in [6.07, 6.45) is 5.79. The number of H-pyrrole nitrogens is 1. The average Bonchev–Trinajstić information content (AvgIpc) is 2.82. The zero-order chi connectivity index (χ0) is 14.8. The molecule has 6 heteroatoms. The number of aromatic amines is 1. The molecule has 0 aliphatic heterocycles. The molecule has 2 heterocycles. The molecule has 112 valence electrons. The highest BCUT2D eigenvalue weighted by molar-refractivity contribution is 5.99. The smallest absolute Gasteiger partial charge is 0.320 e. The summed E-state index contributed by atoms with van der Waals surface area (Å²) in [6.45, 7) is 3.94. The highest BCUT2D eigenvalue weighted by Gasteiger charge is 2.17. The number of fused-ring (bicyclic) bond motifs is 1. The molecule has 3 N–H and O–H groups in total. The lowest BCUT2D eigenvalue weighted by Crippen LogP contribution is -2.39. The maximum atomic E-state index is 12.1. The molecule has 0 saturated heterocycles. The summed E-state index contributed by atoms with van der Waals surface area (Å²) in [5, 5.41) is 13.8. The third kappa shape index (κ3) is 2.99. The summed E-state index contributed by atoms with van der Waals surface area (Å²) < 4.78 is 0. The standard InChI is InChI=1S/C15H21N5O/c1-9-8-10(2)16-13-12(9)14(20-19-13)18-15(21)17-11-6-4-3-5-7-11/h8,11H,3-7H2,1-2H3,(H3,16,17,18,19,20,21). The summed E-state index contributed by atoms with van der Waals surface area (Å²) >= 11 is 0. The Hall–Kier alpha value is -2.11. The Labute approximate surface area is 123 Å². The van der Waals surface area contributed by atoms with E-state index in [0.717, 1.165) is 29.5 Å². The molecule has 3 rings (SSSR count). The molecule has 1 fully saturated rings. The fourth-order valence-electron chi connectivity index (χ4n) is 3.05. The third-order valence-electron chi connectivity index (χ3n) is 4.03. The molecule has 6 nitrogen and oxygen atoms in total. The fraction of sp³-hybridized carbons (Fsp3) is 0.533. The second-order valence-electron chi connectivity index (χ2n) is 5.81. The average molecular weight is 287 g/mol. The molecule has 0 aromatic carbocycles. The van der Waals surface area contributed by atoms with Crippen LogP contribution in [0.2, 0.25) is 0 Å². The Bertz CT molecular complexity index is 657. The molecule has 0 unspecified atom stereocenters. The summed E-state index contributed by atoms with van der Waals surface area (Å²) in [4.78, 5) is 16.5. The number of amides is 2. The zero-order valence-electron chi connectivity index (χ0n) is 12.5. The summed E-state index contributed by atoms with van der Waals surface area (Å²) in [7, 11) is 0. The van der Waals surface area contributed by atoms with Gasteiger partial charge in [0.05, 0.1) is 5.39 Å².